The third-order valence-corrected chi connectivity index (χ3v) is 8.10. The Bertz CT molecular complexity index is 1010. The Hall–Kier alpha value is -2.00. The van der Waals surface area contributed by atoms with Crippen LogP contribution >= 0.6 is 0 Å². The molecule has 3 heterocycles. The largest absolute Gasteiger partial charge is 0.281 e. The van der Waals surface area contributed by atoms with E-state index in [0.717, 1.165) is 49.8 Å². The highest BCUT2D eigenvalue weighted by Gasteiger charge is 2.33. The minimum Gasteiger partial charge on any atom is -0.281 e. The summed E-state index contributed by atoms with van der Waals surface area (Å²) in [5.41, 5.74) is 3.19. The zero-order valence-corrected chi connectivity index (χ0v) is 17.3. The first kappa shape index (κ1) is 19.3. The zero-order valence-electron chi connectivity index (χ0n) is 16.4. The van der Waals surface area contributed by atoms with Crippen LogP contribution in [-0.4, -0.2) is 45.8 Å². The molecule has 2 aromatic heterocycles. The van der Waals surface area contributed by atoms with E-state index in [1.807, 2.05) is 0 Å². The molecule has 0 bridgehead atoms. The van der Waals surface area contributed by atoms with Gasteiger partial charge in [0.15, 0.2) is 0 Å². The van der Waals surface area contributed by atoms with Crippen molar-refractivity contribution in [3.05, 3.63) is 39.1 Å². The number of aromatic nitrogens is 4. The minimum absolute atomic E-state index is 0.0413. The Morgan fingerprint density at radius 1 is 1.18 bits per heavy atom. The van der Waals surface area contributed by atoms with Crippen molar-refractivity contribution >= 4 is 10.0 Å². The highest BCUT2D eigenvalue weighted by Crippen LogP contribution is 2.27. The average Bonchev–Trinajstić information content (AvgIpc) is 3.02. The lowest BCUT2D eigenvalue weighted by atomic mass is 9.96. The van der Waals surface area contributed by atoms with Crippen molar-refractivity contribution in [2.24, 2.45) is 5.92 Å². The predicted octanol–water partition coefficient (Wildman–Crippen LogP) is 1.56. The van der Waals surface area contributed by atoms with Crippen molar-refractivity contribution < 1.29 is 8.42 Å². The molecule has 0 atom stereocenters. The van der Waals surface area contributed by atoms with Gasteiger partial charge in [-0.3, -0.25) is 9.89 Å². The lowest BCUT2D eigenvalue weighted by Gasteiger charge is -2.31. The monoisotopic (exact) mass is 405 g/mol. The summed E-state index contributed by atoms with van der Waals surface area (Å²) in [6.45, 7) is 4.91. The molecule has 0 spiro atoms. The van der Waals surface area contributed by atoms with Gasteiger partial charge in [-0.2, -0.15) is 14.5 Å². The summed E-state index contributed by atoms with van der Waals surface area (Å²) in [6, 6.07) is 1.74. The maximum atomic E-state index is 13.0. The van der Waals surface area contributed by atoms with Crippen molar-refractivity contribution in [2.75, 3.05) is 13.1 Å². The van der Waals surface area contributed by atoms with E-state index < -0.39 is 10.0 Å². The van der Waals surface area contributed by atoms with E-state index in [1.165, 1.54) is 4.31 Å². The number of sulfonamides is 1. The number of piperidine rings is 1. The van der Waals surface area contributed by atoms with Gasteiger partial charge >= 0.3 is 0 Å². The van der Waals surface area contributed by atoms with Crippen LogP contribution < -0.4 is 5.56 Å². The summed E-state index contributed by atoms with van der Waals surface area (Å²) >= 11 is 0. The molecule has 1 aliphatic carbocycles. The van der Waals surface area contributed by atoms with Crippen molar-refractivity contribution in [3.8, 4) is 0 Å². The lowest BCUT2D eigenvalue weighted by Crippen LogP contribution is -2.40. The molecule has 1 saturated heterocycles. The van der Waals surface area contributed by atoms with E-state index in [2.05, 4.69) is 15.3 Å². The highest BCUT2D eigenvalue weighted by atomic mass is 32.2. The molecule has 0 amide bonds. The number of H-pyrrole nitrogens is 1. The summed E-state index contributed by atoms with van der Waals surface area (Å²) < 4.78 is 29.1. The summed E-state index contributed by atoms with van der Waals surface area (Å²) in [5, 5.41) is 11.4. The number of fused-ring (bicyclic) bond motifs is 1. The molecular formula is C19H27N5O3S. The minimum atomic E-state index is -3.54. The smallest absolute Gasteiger partial charge is 0.267 e. The van der Waals surface area contributed by atoms with Crippen LogP contribution in [0.4, 0.5) is 0 Å². The lowest BCUT2D eigenvalue weighted by molar-refractivity contribution is 0.243. The van der Waals surface area contributed by atoms with Gasteiger partial charge in [-0.05, 0) is 63.9 Å². The number of aromatic amines is 1. The van der Waals surface area contributed by atoms with Crippen LogP contribution in [0.5, 0.6) is 0 Å². The van der Waals surface area contributed by atoms with E-state index in [0.29, 0.717) is 35.9 Å². The number of rotatable bonds is 4. The highest BCUT2D eigenvalue weighted by molar-refractivity contribution is 7.89. The van der Waals surface area contributed by atoms with Crippen molar-refractivity contribution in [2.45, 2.75) is 63.8 Å². The molecule has 8 nitrogen and oxygen atoms in total. The Labute approximate surface area is 165 Å². The maximum absolute atomic E-state index is 13.0. The van der Waals surface area contributed by atoms with Gasteiger partial charge in [0, 0.05) is 25.7 Å². The standard InChI is InChI=1S/C19H27N5O3S/c1-13-19(14(2)21-20-13)28(26,27)23-9-7-15(8-10-23)12-24-18(25)11-16-5-3-4-6-17(16)22-24/h11,15H,3-10,12H2,1-2H3,(H,20,21). The van der Waals surface area contributed by atoms with Crippen LogP contribution in [0.15, 0.2) is 15.8 Å². The Kier molecular flexibility index (Phi) is 5.13. The molecule has 4 rings (SSSR count). The quantitative estimate of drug-likeness (QED) is 0.832. The molecule has 152 valence electrons. The summed E-state index contributed by atoms with van der Waals surface area (Å²) in [5.74, 6) is 0.254. The molecular weight excluding hydrogens is 378 g/mol. The molecule has 2 aromatic rings. The second kappa shape index (κ2) is 7.44. The fraction of sp³-hybridized carbons (Fsp3) is 0.632. The van der Waals surface area contributed by atoms with Crippen LogP contribution in [0.1, 0.15) is 48.3 Å². The van der Waals surface area contributed by atoms with Gasteiger partial charge < -0.3 is 0 Å². The average molecular weight is 406 g/mol. The molecule has 2 aliphatic rings. The first-order valence-corrected chi connectivity index (χ1v) is 11.4. The molecule has 1 fully saturated rings. The molecule has 1 N–H and O–H groups in total. The first-order chi connectivity index (χ1) is 13.4. The molecule has 0 radical (unpaired) electrons. The number of nitrogens with zero attached hydrogens (tertiary/aromatic N) is 4. The van der Waals surface area contributed by atoms with E-state index in [1.54, 1.807) is 24.6 Å². The number of hydrogen-bond donors (Lipinski definition) is 1. The normalized spacial score (nSPS) is 18.9. The Morgan fingerprint density at radius 2 is 1.89 bits per heavy atom. The molecule has 0 aromatic carbocycles. The van der Waals surface area contributed by atoms with Crippen molar-refractivity contribution in [1.29, 1.82) is 0 Å². The summed E-state index contributed by atoms with van der Waals surface area (Å²) in [7, 11) is -3.54. The first-order valence-electron chi connectivity index (χ1n) is 9.98. The zero-order chi connectivity index (χ0) is 19.9. The van der Waals surface area contributed by atoms with Gasteiger partial charge in [0.25, 0.3) is 5.56 Å². The number of aryl methyl sites for hydroxylation is 4. The van der Waals surface area contributed by atoms with Crippen LogP contribution in [0, 0.1) is 19.8 Å². The molecule has 28 heavy (non-hydrogen) atoms. The second-order valence-electron chi connectivity index (χ2n) is 7.95. The number of nitrogens with one attached hydrogen (secondary N) is 1. The van der Waals surface area contributed by atoms with Crippen LogP contribution in [0.25, 0.3) is 0 Å². The van der Waals surface area contributed by atoms with Crippen LogP contribution in [0.2, 0.25) is 0 Å². The predicted molar refractivity (Wildman–Crippen MR) is 105 cm³/mol. The molecule has 9 heteroatoms. The van der Waals surface area contributed by atoms with Crippen molar-refractivity contribution in [1.82, 2.24) is 24.3 Å². The fourth-order valence-electron chi connectivity index (χ4n) is 4.36. The van der Waals surface area contributed by atoms with E-state index in [4.69, 9.17) is 0 Å². The van der Waals surface area contributed by atoms with Gasteiger partial charge in [0.1, 0.15) is 4.90 Å². The van der Waals surface area contributed by atoms with E-state index in [-0.39, 0.29) is 11.5 Å². The molecule has 1 aliphatic heterocycles. The van der Waals surface area contributed by atoms with E-state index >= 15 is 0 Å². The number of hydrogen-bond acceptors (Lipinski definition) is 5. The molecule has 0 saturated carbocycles. The maximum Gasteiger partial charge on any atom is 0.267 e. The van der Waals surface area contributed by atoms with Gasteiger partial charge in [0.2, 0.25) is 10.0 Å². The Morgan fingerprint density at radius 3 is 2.57 bits per heavy atom. The molecule has 0 unspecified atom stereocenters. The SMILES string of the molecule is Cc1n[nH]c(C)c1S(=O)(=O)N1CCC(Cn2nc3c(cc2=O)CCCC3)CC1. The third-order valence-electron chi connectivity index (χ3n) is 5.94. The van der Waals surface area contributed by atoms with Gasteiger partial charge in [0.05, 0.1) is 17.1 Å². The van der Waals surface area contributed by atoms with E-state index in [9.17, 15) is 13.2 Å². The second-order valence-corrected chi connectivity index (χ2v) is 9.83. The summed E-state index contributed by atoms with van der Waals surface area (Å²) in [4.78, 5) is 12.7. The fourth-order valence-corrected chi connectivity index (χ4v) is 6.16. The van der Waals surface area contributed by atoms with Gasteiger partial charge in [-0.15, -0.1) is 0 Å². The van der Waals surface area contributed by atoms with Gasteiger partial charge in [-0.1, -0.05) is 0 Å². The van der Waals surface area contributed by atoms with Crippen LogP contribution in [0.3, 0.4) is 0 Å². The topological polar surface area (TPSA) is 101 Å². The van der Waals surface area contributed by atoms with Gasteiger partial charge in [-0.25, -0.2) is 13.1 Å². The van der Waals surface area contributed by atoms with Crippen molar-refractivity contribution in [3.63, 3.8) is 0 Å². The summed E-state index contributed by atoms with van der Waals surface area (Å²) in [6.07, 6.45) is 5.58. The third kappa shape index (κ3) is 3.53. The Balaban J connectivity index is 1.44. The van der Waals surface area contributed by atoms with Crippen LogP contribution in [-0.2, 0) is 29.4 Å².